The van der Waals surface area contributed by atoms with Gasteiger partial charge in [-0.15, -0.1) is 0 Å². The van der Waals surface area contributed by atoms with E-state index in [1.165, 1.54) is 0 Å². The van der Waals surface area contributed by atoms with Gasteiger partial charge in [0.1, 0.15) is 0 Å². The van der Waals surface area contributed by atoms with E-state index in [-0.39, 0.29) is 5.91 Å². The summed E-state index contributed by atoms with van der Waals surface area (Å²) in [4.78, 5) is 14.3. The number of hydrogen-bond donors (Lipinski definition) is 2. The van der Waals surface area contributed by atoms with E-state index in [1.54, 1.807) is 18.2 Å². The molecule has 0 aliphatic carbocycles. The first-order valence-corrected chi connectivity index (χ1v) is 7.94. The van der Waals surface area contributed by atoms with Gasteiger partial charge in [0, 0.05) is 17.5 Å². The van der Waals surface area contributed by atoms with Gasteiger partial charge < -0.3 is 16.0 Å². The standard InChI is InChI=1S/C16H26ClN3O/c1-4-12(3)20(5-2)10-6-7-16(21)19-15-9-8-13(17)11-14(15)18/h8-9,11-12H,4-7,10,18H2,1-3H3,(H,19,21). The molecule has 21 heavy (non-hydrogen) atoms. The van der Waals surface area contributed by atoms with Crippen molar-refractivity contribution in [3.05, 3.63) is 23.2 Å². The third kappa shape index (κ3) is 5.94. The average Bonchev–Trinajstić information content (AvgIpc) is 2.46. The van der Waals surface area contributed by atoms with E-state index in [1.807, 2.05) is 0 Å². The fourth-order valence-electron chi connectivity index (χ4n) is 2.25. The highest BCUT2D eigenvalue weighted by molar-refractivity contribution is 6.31. The van der Waals surface area contributed by atoms with Crippen LogP contribution in [0.1, 0.15) is 40.0 Å². The van der Waals surface area contributed by atoms with E-state index in [0.29, 0.717) is 28.9 Å². The number of benzene rings is 1. The van der Waals surface area contributed by atoms with Crippen LogP contribution in [-0.4, -0.2) is 29.9 Å². The summed E-state index contributed by atoms with van der Waals surface area (Å²) < 4.78 is 0. The molecule has 1 atom stereocenters. The first kappa shape index (κ1) is 17.8. The summed E-state index contributed by atoms with van der Waals surface area (Å²) in [6.07, 6.45) is 2.47. The Hall–Kier alpha value is -1.26. The van der Waals surface area contributed by atoms with Crippen LogP contribution in [0.5, 0.6) is 0 Å². The molecule has 0 saturated carbocycles. The molecule has 1 aromatic rings. The van der Waals surface area contributed by atoms with Gasteiger partial charge in [0.25, 0.3) is 0 Å². The van der Waals surface area contributed by atoms with E-state index in [0.717, 1.165) is 25.9 Å². The molecule has 5 heteroatoms. The maximum absolute atomic E-state index is 11.9. The Balaban J connectivity index is 2.40. The van der Waals surface area contributed by atoms with Crippen LogP contribution in [0.2, 0.25) is 5.02 Å². The molecule has 0 saturated heterocycles. The predicted octanol–water partition coefficient (Wildman–Crippen LogP) is 3.76. The molecule has 0 spiro atoms. The Labute approximate surface area is 132 Å². The fraction of sp³-hybridized carbons (Fsp3) is 0.562. The third-order valence-corrected chi connectivity index (χ3v) is 3.99. The van der Waals surface area contributed by atoms with Crippen molar-refractivity contribution in [2.75, 3.05) is 24.1 Å². The number of nitrogens with two attached hydrogens (primary N) is 1. The number of halogens is 1. The summed E-state index contributed by atoms with van der Waals surface area (Å²) in [5, 5.41) is 3.40. The number of hydrogen-bond acceptors (Lipinski definition) is 3. The van der Waals surface area contributed by atoms with Gasteiger partial charge in [-0.2, -0.15) is 0 Å². The second-order valence-corrected chi connectivity index (χ2v) is 5.71. The van der Waals surface area contributed by atoms with Crippen molar-refractivity contribution in [3.63, 3.8) is 0 Å². The Morgan fingerprint density at radius 3 is 2.71 bits per heavy atom. The van der Waals surface area contributed by atoms with E-state index in [9.17, 15) is 4.79 Å². The number of nitrogens with zero attached hydrogens (tertiary/aromatic N) is 1. The first-order valence-electron chi connectivity index (χ1n) is 7.56. The lowest BCUT2D eigenvalue weighted by Crippen LogP contribution is -2.33. The van der Waals surface area contributed by atoms with Crippen LogP contribution < -0.4 is 11.1 Å². The van der Waals surface area contributed by atoms with E-state index < -0.39 is 0 Å². The Morgan fingerprint density at radius 1 is 1.43 bits per heavy atom. The lowest BCUT2D eigenvalue weighted by molar-refractivity contribution is -0.116. The van der Waals surface area contributed by atoms with Crippen LogP contribution >= 0.6 is 11.6 Å². The zero-order valence-corrected chi connectivity index (χ0v) is 13.9. The van der Waals surface area contributed by atoms with Crippen LogP contribution in [0.15, 0.2) is 18.2 Å². The third-order valence-electron chi connectivity index (χ3n) is 3.76. The van der Waals surface area contributed by atoms with Gasteiger partial charge in [0.2, 0.25) is 5.91 Å². The highest BCUT2D eigenvalue weighted by Gasteiger charge is 2.11. The van der Waals surface area contributed by atoms with Crippen molar-refractivity contribution in [3.8, 4) is 0 Å². The second-order valence-electron chi connectivity index (χ2n) is 5.27. The number of amides is 1. The van der Waals surface area contributed by atoms with Crippen LogP contribution in [0.25, 0.3) is 0 Å². The van der Waals surface area contributed by atoms with Gasteiger partial charge in [0.05, 0.1) is 11.4 Å². The maximum Gasteiger partial charge on any atom is 0.224 e. The highest BCUT2D eigenvalue weighted by Crippen LogP contribution is 2.22. The molecule has 0 aliphatic rings. The Bertz CT molecular complexity index is 465. The summed E-state index contributed by atoms with van der Waals surface area (Å²) in [5.74, 6) is -0.00997. The zero-order valence-electron chi connectivity index (χ0n) is 13.2. The van der Waals surface area contributed by atoms with Gasteiger partial charge in [-0.25, -0.2) is 0 Å². The van der Waals surface area contributed by atoms with Gasteiger partial charge in [0.15, 0.2) is 0 Å². The molecular weight excluding hydrogens is 286 g/mol. The molecule has 0 fully saturated rings. The Kier molecular flexibility index (Phi) is 7.54. The number of rotatable bonds is 8. The van der Waals surface area contributed by atoms with E-state index >= 15 is 0 Å². The van der Waals surface area contributed by atoms with Crippen molar-refractivity contribution in [1.29, 1.82) is 0 Å². The summed E-state index contributed by atoms with van der Waals surface area (Å²) in [6.45, 7) is 8.51. The molecule has 4 nitrogen and oxygen atoms in total. The number of carbonyl (C=O) groups is 1. The molecule has 0 aliphatic heterocycles. The van der Waals surface area contributed by atoms with Crippen molar-refractivity contribution >= 4 is 28.9 Å². The molecule has 0 aromatic heterocycles. The lowest BCUT2D eigenvalue weighted by Gasteiger charge is -2.26. The van der Waals surface area contributed by atoms with E-state index in [4.69, 9.17) is 17.3 Å². The monoisotopic (exact) mass is 311 g/mol. The first-order chi connectivity index (χ1) is 9.97. The van der Waals surface area contributed by atoms with Crippen LogP contribution in [-0.2, 0) is 4.79 Å². The SMILES string of the molecule is CCC(C)N(CC)CCCC(=O)Nc1ccc(Cl)cc1N. The van der Waals surface area contributed by atoms with Gasteiger partial charge >= 0.3 is 0 Å². The summed E-state index contributed by atoms with van der Waals surface area (Å²) >= 11 is 5.83. The zero-order chi connectivity index (χ0) is 15.8. The molecule has 3 N–H and O–H groups in total. The second kappa shape index (κ2) is 8.90. The molecule has 1 amide bonds. The normalized spacial score (nSPS) is 12.4. The molecule has 1 unspecified atom stereocenters. The largest absolute Gasteiger partial charge is 0.397 e. The van der Waals surface area contributed by atoms with Crippen LogP contribution in [0, 0.1) is 0 Å². The van der Waals surface area contributed by atoms with Gasteiger partial charge in [-0.1, -0.05) is 25.4 Å². The highest BCUT2D eigenvalue weighted by atomic mass is 35.5. The lowest BCUT2D eigenvalue weighted by atomic mass is 10.2. The number of anilines is 2. The molecule has 1 aromatic carbocycles. The molecule has 0 bridgehead atoms. The Morgan fingerprint density at radius 2 is 2.14 bits per heavy atom. The number of nitrogens with one attached hydrogen (secondary N) is 1. The van der Waals surface area contributed by atoms with Crippen molar-refractivity contribution < 1.29 is 4.79 Å². The van der Waals surface area contributed by atoms with Crippen molar-refractivity contribution in [2.24, 2.45) is 0 Å². The molecule has 1 rings (SSSR count). The minimum Gasteiger partial charge on any atom is -0.397 e. The average molecular weight is 312 g/mol. The molecule has 0 radical (unpaired) electrons. The van der Waals surface area contributed by atoms with Crippen LogP contribution in [0.4, 0.5) is 11.4 Å². The quantitative estimate of drug-likeness (QED) is 0.719. The minimum atomic E-state index is -0.00997. The smallest absolute Gasteiger partial charge is 0.224 e. The van der Waals surface area contributed by atoms with Gasteiger partial charge in [-0.3, -0.25) is 4.79 Å². The molecule has 0 heterocycles. The molecular formula is C16H26ClN3O. The van der Waals surface area contributed by atoms with Gasteiger partial charge in [-0.05, 0) is 51.1 Å². The minimum absolute atomic E-state index is 0.00997. The summed E-state index contributed by atoms with van der Waals surface area (Å²) in [5.41, 5.74) is 6.93. The maximum atomic E-state index is 11.9. The van der Waals surface area contributed by atoms with Crippen molar-refractivity contribution in [1.82, 2.24) is 4.90 Å². The topological polar surface area (TPSA) is 58.4 Å². The van der Waals surface area contributed by atoms with Crippen molar-refractivity contribution in [2.45, 2.75) is 46.1 Å². The van der Waals surface area contributed by atoms with E-state index in [2.05, 4.69) is 31.0 Å². The summed E-state index contributed by atoms with van der Waals surface area (Å²) in [7, 11) is 0. The van der Waals surface area contributed by atoms with Crippen LogP contribution in [0.3, 0.4) is 0 Å². The summed E-state index contributed by atoms with van der Waals surface area (Å²) in [6, 6.07) is 5.64. The number of carbonyl (C=O) groups excluding carboxylic acids is 1. The number of nitrogen functional groups attached to an aromatic ring is 1. The molecule has 118 valence electrons. The fourth-order valence-corrected chi connectivity index (χ4v) is 2.43. The predicted molar refractivity (Wildman–Crippen MR) is 90.7 cm³/mol.